The highest BCUT2D eigenvalue weighted by molar-refractivity contribution is 5.75. The Morgan fingerprint density at radius 3 is 1.80 bits per heavy atom. The number of aliphatic hydroxyl groups is 1. The summed E-state index contributed by atoms with van der Waals surface area (Å²) in [5.74, 6) is -2.80. The second-order valence-electron chi connectivity index (χ2n) is 16.6. The summed E-state index contributed by atoms with van der Waals surface area (Å²) in [4.78, 5) is 13.7. The monoisotopic (exact) mass is 778 g/mol. The lowest BCUT2D eigenvalue weighted by Gasteiger charge is -2.46. The maximum Gasteiger partial charge on any atom is 0.311 e. The molecule has 3 aromatic rings. The summed E-state index contributed by atoms with van der Waals surface area (Å²) in [6.07, 6.45) is -6.60. The van der Waals surface area contributed by atoms with Crippen molar-refractivity contribution in [2.45, 2.75) is 142 Å². The number of ether oxygens (including phenoxy) is 10. The van der Waals surface area contributed by atoms with Crippen LogP contribution in [0, 0.1) is 5.41 Å². The Balaban J connectivity index is 1.31. The number of hydrogen-bond acceptors (Lipinski definition) is 12. The standard InChI is InChI=1S/C44H58O12/c1-42(2,3)41(45)53-39-38(49-26-31-21-15-10-16-22-31)37(48-25-30-19-13-9-14-20-30)33(27-47-24-29-17-11-8-12-18-29)52-40(39)50-28-34-36-32(54-44(6,7)56-36)23-35(51-34)55-43(4,5)46/h8-22,32-40,46H,23-28H2,1-7H3/t32?,33?,34?,35?,36?,37-,38?,39+,40?/m0/s1. The minimum Gasteiger partial charge on any atom is -0.454 e. The van der Waals surface area contributed by atoms with Crippen LogP contribution in [0.15, 0.2) is 91.0 Å². The molecule has 3 aliphatic rings. The van der Waals surface area contributed by atoms with Gasteiger partial charge in [0.05, 0.1) is 44.6 Å². The second kappa shape index (κ2) is 18.5. The van der Waals surface area contributed by atoms with Gasteiger partial charge >= 0.3 is 5.97 Å². The van der Waals surface area contributed by atoms with Crippen molar-refractivity contribution in [3.8, 4) is 0 Å². The molecule has 1 N–H and O–H groups in total. The third-order valence-corrected chi connectivity index (χ3v) is 9.59. The first-order valence-electron chi connectivity index (χ1n) is 19.5. The van der Waals surface area contributed by atoms with Gasteiger partial charge in [0, 0.05) is 6.42 Å². The van der Waals surface area contributed by atoms with Crippen molar-refractivity contribution in [2.24, 2.45) is 5.41 Å². The fourth-order valence-corrected chi connectivity index (χ4v) is 6.96. The lowest BCUT2D eigenvalue weighted by Crippen LogP contribution is -2.63. The largest absolute Gasteiger partial charge is 0.454 e. The van der Waals surface area contributed by atoms with E-state index in [1.165, 1.54) is 0 Å². The van der Waals surface area contributed by atoms with Gasteiger partial charge in [0.25, 0.3) is 0 Å². The molecule has 3 saturated heterocycles. The van der Waals surface area contributed by atoms with Gasteiger partial charge in [0.1, 0.15) is 30.5 Å². The highest BCUT2D eigenvalue weighted by Crippen LogP contribution is 2.39. The lowest BCUT2D eigenvalue weighted by molar-refractivity contribution is -0.341. The van der Waals surface area contributed by atoms with E-state index in [-0.39, 0.29) is 26.4 Å². The summed E-state index contributed by atoms with van der Waals surface area (Å²) in [7, 11) is 0. The van der Waals surface area contributed by atoms with Gasteiger partial charge in [0.2, 0.25) is 0 Å². The van der Waals surface area contributed by atoms with E-state index in [4.69, 9.17) is 47.4 Å². The van der Waals surface area contributed by atoms with Crippen LogP contribution in [0.1, 0.15) is 71.6 Å². The molecule has 9 atom stereocenters. The molecule has 3 fully saturated rings. The SMILES string of the molecule is CC(C)(O)OC1CC2OC(C)(C)OC2C(COC2OC(COCc3ccccc3)[C@H](OCc3ccccc3)C(OCc3ccccc3)[C@H]2OC(=O)C(C)(C)C)O1. The first kappa shape index (κ1) is 42.3. The van der Waals surface area contributed by atoms with Crippen molar-refractivity contribution in [3.05, 3.63) is 108 Å². The zero-order valence-corrected chi connectivity index (χ0v) is 33.5. The van der Waals surface area contributed by atoms with E-state index >= 15 is 0 Å². The smallest absolute Gasteiger partial charge is 0.311 e. The number of rotatable bonds is 16. The zero-order chi connectivity index (χ0) is 39.9. The van der Waals surface area contributed by atoms with Crippen molar-refractivity contribution in [3.63, 3.8) is 0 Å². The summed E-state index contributed by atoms with van der Waals surface area (Å²) >= 11 is 0. The molecule has 6 rings (SSSR count). The van der Waals surface area contributed by atoms with E-state index < -0.39 is 78.3 Å². The van der Waals surface area contributed by atoms with Crippen molar-refractivity contribution in [2.75, 3.05) is 13.2 Å². The highest BCUT2D eigenvalue weighted by Gasteiger charge is 2.54. The van der Waals surface area contributed by atoms with Crippen LogP contribution >= 0.6 is 0 Å². The Bertz CT molecular complexity index is 1640. The van der Waals surface area contributed by atoms with Gasteiger partial charge in [0.15, 0.2) is 30.3 Å². The molecule has 0 radical (unpaired) electrons. The topological polar surface area (TPSA) is 130 Å². The molecular formula is C44H58O12. The number of carbonyl (C=O) groups is 1. The van der Waals surface area contributed by atoms with Crippen LogP contribution in [0.2, 0.25) is 0 Å². The Kier molecular flexibility index (Phi) is 14.0. The van der Waals surface area contributed by atoms with Crippen molar-refractivity contribution < 1.29 is 57.3 Å². The molecule has 0 amide bonds. The molecule has 306 valence electrons. The molecule has 12 heteroatoms. The van der Waals surface area contributed by atoms with Crippen LogP contribution < -0.4 is 0 Å². The molecule has 3 aliphatic heterocycles. The number of esters is 1. The summed E-state index contributed by atoms with van der Waals surface area (Å²) in [5, 5.41) is 10.5. The molecular weight excluding hydrogens is 720 g/mol. The number of fused-ring (bicyclic) bond motifs is 1. The summed E-state index contributed by atoms with van der Waals surface area (Å²) in [5.41, 5.74) is 2.03. The second-order valence-corrected chi connectivity index (χ2v) is 16.6. The fourth-order valence-electron chi connectivity index (χ4n) is 6.96. The van der Waals surface area contributed by atoms with E-state index in [2.05, 4.69) is 0 Å². The average Bonchev–Trinajstić information content (AvgIpc) is 3.47. The maximum atomic E-state index is 13.7. The van der Waals surface area contributed by atoms with Gasteiger partial charge in [-0.1, -0.05) is 91.0 Å². The molecule has 12 nitrogen and oxygen atoms in total. The third-order valence-electron chi connectivity index (χ3n) is 9.59. The van der Waals surface area contributed by atoms with Crippen LogP contribution in [-0.2, 0) is 72.0 Å². The Hall–Kier alpha value is -3.27. The first-order chi connectivity index (χ1) is 26.6. The molecule has 0 saturated carbocycles. The van der Waals surface area contributed by atoms with Crippen molar-refractivity contribution >= 4 is 5.97 Å². The highest BCUT2D eigenvalue weighted by atomic mass is 16.8. The zero-order valence-electron chi connectivity index (χ0n) is 33.5. The molecule has 0 aliphatic carbocycles. The quantitative estimate of drug-likeness (QED) is 0.127. The van der Waals surface area contributed by atoms with Gasteiger partial charge in [-0.25, -0.2) is 0 Å². The summed E-state index contributed by atoms with van der Waals surface area (Å²) < 4.78 is 64.1. The van der Waals surface area contributed by atoms with Gasteiger partial charge in [-0.05, 0) is 65.2 Å². The van der Waals surface area contributed by atoms with Crippen LogP contribution in [-0.4, -0.2) is 91.2 Å². The van der Waals surface area contributed by atoms with Gasteiger partial charge in [-0.3, -0.25) is 4.79 Å². The molecule has 3 aromatic carbocycles. The number of carbonyl (C=O) groups excluding carboxylic acids is 1. The molecule has 0 aromatic heterocycles. The maximum absolute atomic E-state index is 13.7. The normalized spacial score (nSPS) is 29.1. The van der Waals surface area contributed by atoms with Gasteiger partial charge in [-0.2, -0.15) is 0 Å². The van der Waals surface area contributed by atoms with E-state index in [0.29, 0.717) is 13.0 Å². The molecule has 7 unspecified atom stereocenters. The number of hydrogen-bond donors (Lipinski definition) is 1. The predicted molar refractivity (Wildman–Crippen MR) is 205 cm³/mol. The van der Waals surface area contributed by atoms with E-state index in [9.17, 15) is 9.90 Å². The predicted octanol–water partition coefficient (Wildman–Crippen LogP) is 6.45. The van der Waals surface area contributed by atoms with Crippen LogP contribution in [0.4, 0.5) is 0 Å². The lowest BCUT2D eigenvalue weighted by atomic mass is 9.95. The minimum atomic E-state index is -1.46. The molecule has 3 heterocycles. The molecule has 56 heavy (non-hydrogen) atoms. The molecule has 0 spiro atoms. The average molecular weight is 779 g/mol. The van der Waals surface area contributed by atoms with Crippen molar-refractivity contribution in [1.29, 1.82) is 0 Å². The molecule has 0 bridgehead atoms. The summed E-state index contributed by atoms with van der Waals surface area (Å²) in [6.45, 7) is 13.0. The van der Waals surface area contributed by atoms with Crippen LogP contribution in [0.5, 0.6) is 0 Å². The van der Waals surface area contributed by atoms with E-state index in [0.717, 1.165) is 16.7 Å². The van der Waals surface area contributed by atoms with Gasteiger partial charge in [-0.15, -0.1) is 0 Å². The number of benzene rings is 3. The van der Waals surface area contributed by atoms with Crippen LogP contribution in [0.25, 0.3) is 0 Å². The van der Waals surface area contributed by atoms with Crippen LogP contribution in [0.3, 0.4) is 0 Å². The van der Waals surface area contributed by atoms with E-state index in [1.807, 2.05) is 105 Å². The fraction of sp³-hybridized carbons (Fsp3) is 0.568. The Labute approximate surface area is 330 Å². The Morgan fingerprint density at radius 1 is 0.696 bits per heavy atom. The Morgan fingerprint density at radius 2 is 1.25 bits per heavy atom. The van der Waals surface area contributed by atoms with Gasteiger partial charge < -0.3 is 52.5 Å². The minimum absolute atomic E-state index is 0.0565. The van der Waals surface area contributed by atoms with E-state index in [1.54, 1.807) is 34.6 Å². The summed E-state index contributed by atoms with van der Waals surface area (Å²) in [6, 6.07) is 29.4. The third kappa shape index (κ3) is 11.9. The van der Waals surface area contributed by atoms with Crippen molar-refractivity contribution in [1.82, 2.24) is 0 Å². The first-order valence-corrected chi connectivity index (χ1v) is 19.5.